The van der Waals surface area contributed by atoms with Crippen molar-refractivity contribution in [3.8, 4) is 0 Å². The van der Waals surface area contributed by atoms with Gasteiger partial charge in [0.05, 0.1) is 5.01 Å². The van der Waals surface area contributed by atoms with Gasteiger partial charge in [-0.3, -0.25) is 4.79 Å². The molecule has 0 aliphatic heterocycles. The summed E-state index contributed by atoms with van der Waals surface area (Å²) in [4.78, 5) is 22.9. The first-order valence-electron chi connectivity index (χ1n) is 6.25. The van der Waals surface area contributed by atoms with E-state index in [9.17, 15) is 4.79 Å². The number of nitrogen functional groups attached to an aromatic ring is 1. The molecule has 0 atom stereocenters. The number of amides is 1. The molecule has 6 nitrogen and oxygen atoms in total. The molecule has 2 aromatic heterocycles. The zero-order valence-corrected chi connectivity index (χ0v) is 13.1. The number of hydrogen-bond donors (Lipinski definition) is 2. The van der Waals surface area contributed by atoms with E-state index in [0.29, 0.717) is 11.4 Å². The molecule has 2 aromatic rings. The van der Waals surface area contributed by atoms with E-state index in [2.05, 4.69) is 15.3 Å². The van der Waals surface area contributed by atoms with Crippen molar-refractivity contribution >= 4 is 39.5 Å². The molecule has 0 unspecified atom stereocenters. The Bertz CT molecular complexity index is 566. The monoisotopic (exact) mass is 311 g/mol. The van der Waals surface area contributed by atoms with E-state index in [0.717, 1.165) is 23.1 Å². The van der Waals surface area contributed by atoms with Crippen molar-refractivity contribution in [2.24, 2.45) is 0 Å². The quantitative estimate of drug-likeness (QED) is 0.846. The third-order valence-electron chi connectivity index (χ3n) is 2.76. The van der Waals surface area contributed by atoms with Gasteiger partial charge in [0, 0.05) is 38.1 Å². The highest BCUT2D eigenvalue weighted by atomic mass is 32.1. The van der Waals surface area contributed by atoms with Crippen molar-refractivity contribution in [3.63, 3.8) is 0 Å². The van der Waals surface area contributed by atoms with Crippen LogP contribution in [0.3, 0.4) is 0 Å². The van der Waals surface area contributed by atoms with Crippen LogP contribution in [0.2, 0.25) is 0 Å². The van der Waals surface area contributed by atoms with Crippen LogP contribution in [0.15, 0.2) is 11.6 Å². The Morgan fingerprint density at radius 2 is 2.35 bits per heavy atom. The topological polar surface area (TPSA) is 84.1 Å². The van der Waals surface area contributed by atoms with E-state index in [1.54, 1.807) is 17.5 Å². The average molecular weight is 311 g/mol. The second-order valence-corrected chi connectivity index (χ2v) is 6.11. The molecule has 0 aliphatic carbocycles. The van der Waals surface area contributed by atoms with E-state index in [1.807, 2.05) is 24.3 Å². The van der Waals surface area contributed by atoms with Crippen molar-refractivity contribution in [2.45, 2.75) is 13.3 Å². The standard InChI is InChI=1S/C12H17N5OS2/c1-3-17(2)12-16-10(13)9(20-12)11(18)15-5-4-8-14-6-7-19-8/h6-7H,3-5,13H2,1-2H3,(H,15,18). The molecule has 0 saturated heterocycles. The molecule has 20 heavy (non-hydrogen) atoms. The Morgan fingerprint density at radius 1 is 1.55 bits per heavy atom. The molecule has 1 amide bonds. The number of carbonyl (C=O) groups is 1. The summed E-state index contributed by atoms with van der Waals surface area (Å²) in [7, 11) is 1.92. The number of carbonyl (C=O) groups excluding carboxylic acids is 1. The Morgan fingerprint density at radius 3 is 3.00 bits per heavy atom. The average Bonchev–Trinajstić information content (AvgIpc) is 3.07. The van der Waals surface area contributed by atoms with Crippen molar-refractivity contribution in [1.82, 2.24) is 15.3 Å². The number of nitrogens with one attached hydrogen (secondary N) is 1. The molecule has 108 valence electrons. The fraction of sp³-hybridized carbons (Fsp3) is 0.417. The van der Waals surface area contributed by atoms with Gasteiger partial charge in [0.25, 0.3) is 5.91 Å². The van der Waals surface area contributed by atoms with E-state index < -0.39 is 0 Å². The smallest absolute Gasteiger partial charge is 0.265 e. The molecule has 0 saturated carbocycles. The minimum absolute atomic E-state index is 0.174. The lowest BCUT2D eigenvalue weighted by molar-refractivity contribution is 0.0959. The molecular weight excluding hydrogens is 294 g/mol. The van der Waals surface area contributed by atoms with Gasteiger partial charge in [0.15, 0.2) is 5.13 Å². The lowest BCUT2D eigenvalue weighted by Crippen LogP contribution is -2.25. The zero-order chi connectivity index (χ0) is 14.5. The lowest BCUT2D eigenvalue weighted by atomic mass is 10.4. The molecule has 0 aromatic carbocycles. The van der Waals surface area contributed by atoms with Crippen LogP contribution >= 0.6 is 22.7 Å². The highest BCUT2D eigenvalue weighted by molar-refractivity contribution is 7.18. The summed E-state index contributed by atoms with van der Waals surface area (Å²) in [6.07, 6.45) is 2.49. The van der Waals surface area contributed by atoms with Crippen molar-refractivity contribution in [1.29, 1.82) is 0 Å². The summed E-state index contributed by atoms with van der Waals surface area (Å²) in [5, 5.41) is 6.54. The highest BCUT2D eigenvalue weighted by Crippen LogP contribution is 2.27. The normalized spacial score (nSPS) is 10.5. The van der Waals surface area contributed by atoms with Crippen LogP contribution in [0.4, 0.5) is 10.9 Å². The SMILES string of the molecule is CCN(C)c1nc(N)c(C(=O)NCCc2nccs2)s1. The summed E-state index contributed by atoms with van der Waals surface area (Å²) >= 11 is 2.89. The van der Waals surface area contributed by atoms with Gasteiger partial charge in [0.1, 0.15) is 10.7 Å². The third kappa shape index (κ3) is 3.45. The summed E-state index contributed by atoms with van der Waals surface area (Å²) in [5.41, 5.74) is 5.80. The van der Waals surface area contributed by atoms with Crippen LogP contribution in [0, 0.1) is 0 Å². The first kappa shape index (κ1) is 14.7. The first-order valence-corrected chi connectivity index (χ1v) is 7.95. The van der Waals surface area contributed by atoms with Crippen LogP contribution < -0.4 is 16.0 Å². The number of thiazole rings is 2. The molecule has 3 N–H and O–H groups in total. The number of aromatic nitrogens is 2. The second-order valence-electron chi connectivity index (χ2n) is 4.16. The number of nitrogens with zero attached hydrogens (tertiary/aromatic N) is 3. The fourth-order valence-electron chi connectivity index (χ4n) is 1.52. The zero-order valence-electron chi connectivity index (χ0n) is 11.4. The Kier molecular flexibility index (Phi) is 4.91. The van der Waals surface area contributed by atoms with Gasteiger partial charge in [-0.25, -0.2) is 9.97 Å². The molecule has 0 aliphatic rings. The summed E-state index contributed by atoms with van der Waals surface area (Å²) in [6, 6.07) is 0. The molecule has 2 heterocycles. The summed E-state index contributed by atoms with van der Waals surface area (Å²) in [5.74, 6) is 0.115. The van der Waals surface area contributed by atoms with Gasteiger partial charge in [-0.05, 0) is 6.92 Å². The third-order valence-corrected chi connectivity index (χ3v) is 4.78. The largest absolute Gasteiger partial charge is 0.382 e. The second kappa shape index (κ2) is 6.67. The molecule has 0 spiro atoms. The van der Waals surface area contributed by atoms with E-state index in [4.69, 9.17) is 5.73 Å². The highest BCUT2D eigenvalue weighted by Gasteiger charge is 2.17. The Hall–Kier alpha value is -1.67. The number of hydrogen-bond acceptors (Lipinski definition) is 7. The van der Waals surface area contributed by atoms with Gasteiger partial charge in [0.2, 0.25) is 0 Å². The van der Waals surface area contributed by atoms with E-state index >= 15 is 0 Å². The Balaban J connectivity index is 1.93. The minimum Gasteiger partial charge on any atom is -0.382 e. The number of nitrogens with two attached hydrogens (primary N) is 1. The number of rotatable bonds is 6. The molecule has 0 bridgehead atoms. The molecular formula is C12H17N5OS2. The van der Waals surface area contributed by atoms with Gasteiger partial charge in [-0.15, -0.1) is 11.3 Å². The maximum absolute atomic E-state index is 12.1. The number of anilines is 2. The fourth-order valence-corrected chi connectivity index (χ4v) is 3.07. The molecule has 2 rings (SSSR count). The van der Waals surface area contributed by atoms with Gasteiger partial charge < -0.3 is 16.0 Å². The Labute approximate surface area is 125 Å². The maximum Gasteiger partial charge on any atom is 0.265 e. The van der Waals surface area contributed by atoms with E-state index in [-0.39, 0.29) is 11.7 Å². The van der Waals surface area contributed by atoms with Crippen LogP contribution in [0.5, 0.6) is 0 Å². The van der Waals surface area contributed by atoms with Crippen LogP contribution in [0.1, 0.15) is 21.6 Å². The van der Waals surface area contributed by atoms with Gasteiger partial charge >= 0.3 is 0 Å². The van der Waals surface area contributed by atoms with Gasteiger partial charge in [-0.2, -0.15) is 0 Å². The summed E-state index contributed by atoms with van der Waals surface area (Å²) < 4.78 is 0. The minimum atomic E-state index is -0.174. The molecule has 0 fully saturated rings. The van der Waals surface area contributed by atoms with Gasteiger partial charge in [-0.1, -0.05) is 11.3 Å². The van der Waals surface area contributed by atoms with E-state index in [1.165, 1.54) is 11.3 Å². The predicted molar refractivity (Wildman–Crippen MR) is 83.6 cm³/mol. The lowest BCUT2D eigenvalue weighted by Gasteiger charge is -2.10. The van der Waals surface area contributed by atoms with Crippen LogP contribution in [-0.4, -0.2) is 36.0 Å². The first-order chi connectivity index (χ1) is 9.61. The van der Waals surface area contributed by atoms with Crippen LogP contribution in [-0.2, 0) is 6.42 Å². The molecule has 8 heteroatoms. The predicted octanol–water partition coefficient (Wildman–Crippen LogP) is 1.61. The van der Waals surface area contributed by atoms with Crippen LogP contribution in [0.25, 0.3) is 0 Å². The van der Waals surface area contributed by atoms with Crippen molar-refractivity contribution < 1.29 is 4.79 Å². The maximum atomic E-state index is 12.1. The molecule has 0 radical (unpaired) electrons. The van der Waals surface area contributed by atoms with Crippen molar-refractivity contribution in [3.05, 3.63) is 21.5 Å². The summed E-state index contributed by atoms with van der Waals surface area (Å²) in [6.45, 7) is 3.38. The van der Waals surface area contributed by atoms with Crippen molar-refractivity contribution in [2.75, 3.05) is 30.8 Å².